The standard InChI is InChI=1S/C17H21BrN4O2S/c1-10(2)14-13(18)15(21-20-14)17(24)22-6-3-12(4-7-22)19-16(23)11-5-8-25-9-11/h5,8-10,12H,3-4,6-7H2,1-2H3,(H,19,23)(H,20,21). The smallest absolute Gasteiger partial charge is 0.275 e. The van der Waals surface area contributed by atoms with Gasteiger partial charge < -0.3 is 10.2 Å². The SMILES string of the molecule is CC(C)c1[nH]nc(C(=O)N2CCC(NC(=O)c3ccsc3)CC2)c1Br. The second kappa shape index (κ2) is 7.70. The second-order valence-electron chi connectivity index (χ2n) is 6.51. The molecule has 1 aliphatic heterocycles. The normalized spacial score (nSPS) is 15.6. The molecule has 1 aliphatic rings. The minimum absolute atomic E-state index is 0.0392. The number of aromatic nitrogens is 2. The number of thiophene rings is 1. The van der Waals surface area contributed by atoms with Crippen molar-refractivity contribution in [1.82, 2.24) is 20.4 Å². The third kappa shape index (κ3) is 3.95. The van der Waals surface area contributed by atoms with Crippen LogP contribution in [0.3, 0.4) is 0 Å². The van der Waals surface area contributed by atoms with E-state index < -0.39 is 0 Å². The zero-order valence-electron chi connectivity index (χ0n) is 14.2. The number of carbonyl (C=O) groups is 2. The molecule has 25 heavy (non-hydrogen) atoms. The van der Waals surface area contributed by atoms with Gasteiger partial charge in [0.05, 0.1) is 10.2 Å². The lowest BCUT2D eigenvalue weighted by Gasteiger charge is -2.32. The molecular weight excluding hydrogens is 404 g/mol. The molecular formula is C17H21BrN4O2S. The van der Waals surface area contributed by atoms with Gasteiger partial charge in [-0.1, -0.05) is 13.8 Å². The Morgan fingerprint density at radius 3 is 2.68 bits per heavy atom. The number of H-pyrrole nitrogens is 1. The van der Waals surface area contributed by atoms with Crippen molar-refractivity contribution in [2.45, 2.75) is 38.6 Å². The third-order valence-corrected chi connectivity index (χ3v) is 5.90. The van der Waals surface area contributed by atoms with Gasteiger partial charge in [0.2, 0.25) is 0 Å². The molecule has 0 atom stereocenters. The first-order valence-electron chi connectivity index (χ1n) is 8.33. The fourth-order valence-electron chi connectivity index (χ4n) is 2.91. The molecule has 3 rings (SSSR count). The average Bonchev–Trinajstić information content (AvgIpc) is 3.24. The Bertz CT molecular complexity index is 749. The van der Waals surface area contributed by atoms with Crippen LogP contribution < -0.4 is 5.32 Å². The van der Waals surface area contributed by atoms with Gasteiger partial charge in [0, 0.05) is 30.1 Å². The van der Waals surface area contributed by atoms with Crippen LogP contribution in [0.2, 0.25) is 0 Å². The molecule has 2 amide bonds. The molecule has 0 radical (unpaired) electrons. The summed E-state index contributed by atoms with van der Waals surface area (Å²) in [6.07, 6.45) is 1.50. The lowest BCUT2D eigenvalue weighted by atomic mass is 10.0. The van der Waals surface area contributed by atoms with Gasteiger partial charge in [0.1, 0.15) is 0 Å². The number of nitrogens with one attached hydrogen (secondary N) is 2. The van der Waals surface area contributed by atoms with Crippen molar-refractivity contribution in [3.63, 3.8) is 0 Å². The highest BCUT2D eigenvalue weighted by atomic mass is 79.9. The molecule has 8 heteroatoms. The highest BCUT2D eigenvalue weighted by molar-refractivity contribution is 9.10. The first-order valence-corrected chi connectivity index (χ1v) is 10.1. The molecule has 2 aromatic rings. The van der Waals surface area contributed by atoms with Crippen molar-refractivity contribution < 1.29 is 9.59 Å². The van der Waals surface area contributed by atoms with Crippen molar-refractivity contribution in [3.8, 4) is 0 Å². The number of piperidine rings is 1. The van der Waals surface area contributed by atoms with Crippen molar-refractivity contribution in [3.05, 3.63) is 38.3 Å². The molecule has 6 nitrogen and oxygen atoms in total. The van der Waals surface area contributed by atoms with Crippen molar-refractivity contribution >= 4 is 39.1 Å². The first-order chi connectivity index (χ1) is 12.0. The molecule has 0 aliphatic carbocycles. The summed E-state index contributed by atoms with van der Waals surface area (Å²) in [6, 6.07) is 1.92. The first kappa shape index (κ1) is 18.1. The van der Waals surface area contributed by atoms with E-state index in [0.29, 0.717) is 24.3 Å². The number of amides is 2. The van der Waals surface area contributed by atoms with Crippen molar-refractivity contribution in [2.75, 3.05) is 13.1 Å². The van der Waals surface area contributed by atoms with Crippen LogP contribution in [0.4, 0.5) is 0 Å². The van der Waals surface area contributed by atoms with Gasteiger partial charge in [0.25, 0.3) is 11.8 Å². The van der Waals surface area contributed by atoms with Crippen molar-refractivity contribution in [2.24, 2.45) is 0 Å². The van der Waals surface area contributed by atoms with Crippen LogP contribution in [0.15, 0.2) is 21.3 Å². The summed E-state index contributed by atoms with van der Waals surface area (Å²) in [5.41, 5.74) is 2.07. The quantitative estimate of drug-likeness (QED) is 0.789. The average molecular weight is 425 g/mol. The van der Waals surface area contributed by atoms with Gasteiger partial charge in [-0.2, -0.15) is 16.4 Å². The molecule has 1 fully saturated rings. The molecule has 0 bridgehead atoms. The number of carbonyl (C=O) groups excluding carboxylic acids is 2. The number of rotatable bonds is 4. The topological polar surface area (TPSA) is 78.1 Å². The van der Waals surface area contributed by atoms with E-state index in [1.807, 2.05) is 30.7 Å². The van der Waals surface area contributed by atoms with Crippen LogP contribution in [-0.4, -0.2) is 46.0 Å². The number of aromatic amines is 1. The Labute approximate surface area is 159 Å². The summed E-state index contributed by atoms with van der Waals surface area (Å²) >= 11 is 5.00. The predicted molar refractivity (Wildman–Crippen MR) is 101 cm³/mol. The van der Waals surface area contributed by atoms with E-state index >= 15 is 0 Å². The molecule has 2 aromatic heterocycles. The number of likely N-dealkylation sites (tertiary alicyclic amines) is 1. The maximum atomic E-state index is 12.7. The van der Waals surface area contributed by atoms with E-state index in [9.17, 15) is 9.59 Å². The zero-order valence-corrected chi connectivity index (χ0v) is 16.6. The summed E-state index contributed by atoms with van der Waals surface area (Å²) in [5.74, 6) is 0.154. The second-order valence-corrected chi connectivity index (χ2v) is 8.08. The molecule has 0 saturated carbocycles. The Morgan fingerprint density at radius 1 is 1.40 bits per heavy atom. The maximum absolute atomic E-state index is 12.7. The van der Waals surface area contributed by atoms with Crippen LogP contribution in [-0.2, 0) is 0 Å². The zero-order chi connectivity index (χ0) is 18.0. The van der Waals surface area contributed by atoms with Gasteiger partial charge in [-0.25, -0.2) is 0 Å². The monoisotopic (exact) mass is 424 g/mol. The van der Waals surface area contributed by atoms with E-state index in [1.165, 1.54) is 11.3 Å². The van der Waals surface area contributed by atoms with Crippen LogP contribution in [0.1, 0.15) is 59.1 Å². The Morgan fingerprint density at radius 2 is 2.12 bits per heavy atom. The van der Waals surface area contributed by atoms with E-state index in [0.717, 1.165) is 23.0 Å². The van der Waals surface area contributed by atoms with Crippen molar-refractivity contribution in [1.29, 1.82) is 0 Å². The van der Waals surface area contributed by atoms with Gasteiger partial charge in [-0.3, -0.25) is 14.7 Å². The number of nitrogens with zero attached hydrogens (tertiary/aromatic N) is 2. The summed E-state index contributed by atoms with van der Waals surface area (Å²) in [6.45, 7) is 5.33. The minimum atomic E-state index is -0.0716. The summed E-state index contributed by atoms with van der Waals surface area (Å²) in [4.78, 5) is 26.6. The minimum Gasteiger partial charge on any atom is -0.349 e. The van der Waals surface area contributed by atoms with E-state index in [4.69, 9.17) is 0 Å². The van der Waals surface area contributed by atoms with Gasteiger partial charge in [0.15, 0.2) is 5.69 Å². The summed E-state index contributed by atoms with van der Waals surface area (Å²) in [5, 5.41) is 13.9. The van der Waals surface area contributed by atoms with Crippen LogP contribution in [0, 0.1) is 0 Å². The van der Waals surface area contributed by atoms with E-state index in [1.54, 1.807) is 4.90 Å². The Hall–Kier alpha value is -1.67. The largest absolute Gasteiger partial charge is 0.349 e. The molecule has 0 unspecified atom stereocenters. The molecule has 0 aromatic carbocycles. The Kier molecular flexibility index (Phi) is 5.58. The van der Waals surface area contributed by atoms with Crippen LogP contribution in [0.25, 0.3) is 0 Å². The number of hydrogen-bond acceptors (Lipinski definition) is 4. The van der Waals surface area contributed by atoms with Crippen LogP contribution >= 0.6 is 27.3 Å². The van der Waals surface area contributed by atoms with E-state index in [-0.39, 0.29) is 23.8 Å². The predicted octanol–water partition coefficient (Wildman–Crippen LogP) is 3.39. The Balaban J connectivity index is 1.57. The van der Waals surface area contributed by atoms with Crippen LogP contribution in [0.5, 0.6) is 0 Å². The van der Waals surface area contributed by atoms with Gasteiger partial charge >= 0.3 is 0 Å². The summed E-state index contributed by atoms with van der Waals surface area (Å²) in [7, 11) is 0. The van der Waals surface area contributed by atoms with E-state index in [2.05, 4.69) is 31.4 Å². The number of halogens is 1. The highest BCUT2D eigenvalue weighted by Crippen LogP contribution is 2.27. The highest BCUT2D eigenvalue weighted by Gasteiger charge is 2.28. The fraction of sp³-hybridized carbons (Fsp3) is 0.471. The third-order valence-electron chi connectivity index (χ3n) is 4.41. The molecule has 0 spiro atoms. The molecule has 134 valence electrons. The summed E-state index contributed by atoms with van der Waals surface area (Å²) < 4.78 is 0.750. The molecule has 3 heterocycles. The maximum Gasteiger partial charge on any atom is 0.275 e. The van der Waals surface area contributed by atoms with Gasteiger partial charge in [-0.05, 0) is 46.1 Å². The lowest BCUT2D eigenvalue weighted by Crippen LogP contribution is -2.46. The number of hydrogen-bond donors (Lipinski definition) is 2. The fourth-order valence-corrected chi connectivity index (χ4v) is 4.35. The molecule has 1 saturated heterocycles. The lowest BCUT2D eigenvalue weighted by molar-refractivity contribution is 0.0691. The molecule has 2 N–H and O–H groups in total. The van der Waals surface area contributed by atoms with Gasteiger partial charge in [-0.15, -0.1) is 0 Å².